The lowest BCUT2D eigenvalue weighted by Crippen LogP contribution is -2.07. The van der Waals surface area contributed by atoms with Gasteiger partial charge in [0.1, 0.15) is 11.5 Å². The molecule has 0 saturated heterocycles. The SMILES string of the molecule is CCCCCC(=O)Oc1ccc(C(C)=O)cc1.CCCCCC(=O)Oc1ccc(C(C)O)cc1. The number of rotatable bonds is 12. The summed E-state index contributed by atoms with van der Waals surface area (Å²) in [4.78, 5) is 33.9. The molecule has 0 radical (unpaired) electrons. The standard InChI is InChI=1S/C14H20O3.C14H18O3/c2*1-3-4-5-6-14(16)17-13-9-7-12(8-10-13)11(2)15/h7-11,15H,3-6H2,1-2H3;7-10H,3-6H2,1-2H3. The van der Waals surface area contributed by atoms with Crippen LogP contribution in [-0.2, 0) is 9.59 Å². The van der Waals surface area contributed by atoms with Crippen LogP contribution in [0.5, 0.6) is 11.5 Å². The van der Waals surface area contributed by atoms with Gasteiger partial charge in [0.25, 0.3) is 0 Å². The first kappa shape index (κ1) is 29.0. The Morgan fingerprint density at radius 3 is 1.50 bits per heavy atom. The zero-order valence-electron chi connectivity index (χ0n) is 20.8. The first-order chi connectivity index (χ1) is 16.3. The van der Waals surface area contributed by atoms with Gasteiger partial charge in [-0.05, 0) is 68.7 Å². The minimum absolute atomic E-state index is 0.00539. The smallest absolute Gasteiger partial charge is 0.311 e. The van der Waals surface area contributed by atoms with Crippen LogP contribution < -0.4 is 9.47 Å². The third-order valence-electron chi connectivity index (χ3n) is 5.06. The van der Waals surface area contributed by atoms with E-state index in [-0.39, 0.29) is 17.7 Å². The van der Waals surface area contributed by atoms with Crippen LogP contribution in [0.1, 0.15) is 101 Å². The first-order valence-electron chi connectivity index (χ1n) is 12.1. The van der Waals surface area contributed by atoms with E-state index in [1.165, 1.54) is 6.92 Å². The van der Waals surface area contributed by atoms with E-state index >= 15 is 0 Å². The predicted molar refractivity (Wildman–Crippen MR) is 133 cm³/mol. The van der Waals surface area contributed by atoms with Crippen molar-refractivity contribution in [2.75, 3.05) is 0 Å². The number of Topliss-reactive ketones (excluding diaryl/α,β-unsaturated/α-hetero) is 1. The maximum absolute atomic E-state index is 11.4. The third kappa shape index (κ3) is 12.3. The number of unbranched alkanes of at least 4 members (excludes halogenated alkanes) is 4. The summed E-state index contributed by atoms with van der Waals surface area (Å²) in [5, 5.41) is 9.33. The molecule has 0 aliphatic heterocycles. The second-order valence-electron chi connectivity index (χ2n) is 8.19. The van der Waals surface area contributed by atoms with E-state index in [1.807, 2.05) is 0 Å². The van der Waals surface area contributed by atoms with Crippen molar-refractivity contribution in [3.8, 4) is 11.5 Å². The number of aliphatic hydroxyl groups is 1. The summed E-state index contributed by atoms with van der Waals surface area (Å²) in [5.41, 5.74) is 1.44. The van der Waals surface area contributed by atoms with Crippen LogP contribution in [0.2, 0.25) is 0 Å². The van der Waals surface area contributed by atoms with Gasteiger partial charge < -0.3 is 14.6 Å². The number of benzene rings is 2. The van der Waals surface area contributed by atoms with Crippen molar-refractivity contribution in [2.24, 2.45) is 0 Å². The number of aliphatic hydroxyl groups excluding tert-OH is 1. The van der Waals surface area contributed by atoms with E-state index in [0.717, 1.165) is 44.1 Å². The maximum Gasteiger partial charge on any atom is 0.311 e. The average molecular weight is 471 g/mol. The second-order valence-corrected chi connectivity index (χ2v) is 8.19. The molecule has 0 heterocycles. The number of ketones is 1. The van der Waals surface area contributed by atoms with Crippen molar-refractivity contribution in [3.63, 3.8) is 0 Å². The Morgan fingerprint density at radius 2 is 1.15 bits per heavy atom. The Hall–Kier alpha value is -2.99. The van der Waals surface area contributed by atoms with Crippen LogP contribution in [0.15, 0.2) is 48.5 Å². The summed E-state index contributed by atoms with van der Waals surface area (Å²) in [5.74, 6) is 0.635. The summed E-state index contributed by atoms with van der Waals surface area (Å²) in [7, 11) is 0. The molecule has 0 aliphatic rings. The largest absolute Gasteiger partial charge is 0.427 e. The number of hydrogen-bond donors (Lipinski definition) is 1. The van der Waals surface area contributed by atoms with Crippen LogP contribution in [0.25, 0.3) is 0 Å². The summed E-state index contributed by atoms with van der Waals surface area (Å²) in [6.07, 6.45) is 6.42. The molecular weight excluding hydrogens is 432 g/mol. The fourth-order valence-electron chi connectivity index (χ4n) is 2.98. The molecule has 1 N–H and O–H groups in total. The highest BCUT2D eigenvalue weighted by molar-refractivity contribution is 5.94. The predicted octanol–water partition coefficient (Wildman–Crippen LogP) is 6.60. The molecule has 0 spiro atoms. The van der Waals surface area contributed by atoms with Gasteiger partial charge in [-0.25, -0.2) is 0 Å². The molecule has 34 heavy (non-hydrogen) atoms. The van der Waals surface area contributed by atoms with E-state index in [1.54, 1.807) is 55.5 Å². The van der Waals surface area contributed by atoms with Gasteiger partial charge in [0, 0.05) is 18.4 Å². The average Bonchev–Trinajstić information content (AvgIpc) is 2.80. The lowest BCUT2D eigenvalue weighted by atomic mass is 10.1. The van der Waals surface area contributed by atoms with Crippen LogP contribution >= 0.6 is 0 Å². The van der Waals surface area contributed by atoms with Gasteiger partial charge in [-0.1, -0.05) is 51.7 Å². The van der Waals surface area contributed by atoms with Crippen LogP contribution in [-0.4, -0.2) is 22.8 Å². The summed E-state index contributed by atoms with van der Waals surface area (Å²) >= 11 is 0. The number of carbonyl (C=O) groups is 3. The molecule has 2 aromatic rings. The van der Waals surface area contributed by atoms with E-state index in [0.29, 0.717) is 29.9 Å². The molecular formula is C28H38O6. The van der Waals surface area contributed by atoms with Gasteiger partial charge in [0.05, 0.1) is 6.10 Å². The normalized spacial score (nSPS) is 11.1. The van der Waals surface area contributed by atoms with Gasteiger partial charge in [-0.2, -0.15) is 0 Å². The van der Waals surface area contributed by atoms with Gasteiger partial charge in [-0.3, -0.25) is 14.4 Å². The summed E-state index contributed by atoms with van der Waals surface area (Å²) in [6.45, 7) is 7.39. The van der Waals surface area contributed by atoms with Gasteiger partial charge in [-0.15, -0.1) is 0 Å². The molecule has 1 unspecified atom stereocenters. The quantitative estimate of drug-likeness (QED) is 0.163. The van der Waals surface area contributed by atoms with Crippen LogP contribution in [0.3, 0.4) is 0 Å². The molecule has 2 aromatic carbocycles. The van der Waals surface area contributed by atoms with Crippen molar-refractivity contribution in [2.45, 2.75) is 85.2 Å². The van der Waals surface area contributed by atoms with Crippen LogP contribution in [0, 0.1) is 0 Å². The molecule has 1 atom stereocenters. The highest BCUT2D eigenvalue weighted by atomic mass is 16.5. The van der Waals surface area contributed by atoms with E-state index < -0.39 is 6.10 Å². The topological polar surface area (TPSA) is 89.9 Å². The molecule has 0 fully saturated rings. The molecule has 2 rings (SSSR count). The van der Waals surface area contributed by atoms with Crippen molar-refractivity contribution in [3.05, 3.63) is 59.7 Å². The third-order valence-corrected chi connectivity index (χ3v) is 5.06. The van der Waals surface area contributed by atoms with E-state index in [9.17, 15) is 19.5 Å². The molecule has 0 amide bonds. The maximum atomic E-state index is 11.4. The minimum atomic E-state index is -0.496. The fourth-order valence-corrected chi connectivity index (χ4v) is 2.98. The van der Waals surface area contributed by atoms with Gasteiger partial charge in [0.15, 0.2) is 5.78 Å². The monoisotopic (exact) mass is 470 g/mol. The highest BCUT2D eigenvalue weighted by Gasteiger charge is 2.06. The Balaban J connectivity index is 0.000000340. The summed E-state index contributed by atoms with van der Waals surface area (Å²) in [6, 6.07) is 13.6. The van der Waals surface area contributed by atoms with Crippen molar-refractivity contribution in [1.82, 2.24) is 0 Å². The lowest BCUT2D eigenvalue weighted by Gasteiger charge is -2.07. The Kier molecular flexibility index (Phi) is 14.2. The van der Waals surface area contributed by atoms with Crippen LogP contribution in [0.4, 0.5) is 0 Å². The van der Waals surface area contributed by atoms with Crippen molar-refractivity contribution in [1.29, 1.82) is 0 Å². The summed E-state index contributed by atoms with van der Waals surface area (Å²) < 4.78 is 10.3. The Bertz CT molecular complexity index is 869. The Morgan fingerprint density at radius 1 is 0.735 bits per heavy atom. The lowest BCUT2D eigenvalue weighted by molar-refractivity contribution is -0.135. The van der Waals surface area contributed by atoms with Crippen molar-refractivity contribution >= 4 is 17.7 Å². The first-order valence-corrected chi connectivity index (χ1v) is 12.1. The van der Waals surface area contributed by atoms with Crippen molar-refractivity contribution < 1.29 is 29.0 Å². The zero-order chi connectivity index (χ0) is 25.3. The number of carbonyl (C=O) groups excluding carboxylic acids is 3. The van der Waals surface area contributed by atoms with E-state index in [4.69, 9.17) is 9.47 Å². The number of hydrogen-bond acceptors (Lipinski definition) is 6. The molecule has 6 heteroatoms. The minimum Gasteiger partial charge on any atom is -0.427 e. The molecule has 0 bridgehead atoms. The number of ether oxygens (including phenoxy) is 2. The zero-order valence-corrected chi connectivity index (χ0v) is 20.8. The fraction of sp³-hybridized carbons (Fsp3) is 0.464. The molecule has 186 valence electrons. The molecule has 6 nitrogen and oxygen atoms in total. The molecule has 0 aliphatic carbocycles. The molecule has 0 aromatic heterocycles. The highest BCUT2D eigenvalue weighted by Crippen LogP contribution is 2.18. The molecule has 0 saturated carbocycles. The number of esters is 2. The van der Waals surface area contributed by atoms with Gasteiger partial charge in [0.2, 0.25) is 0 Å². The second kappa shape index (κ2) is 16.6. The Labute approximate surface area is 203 Å². The van der Waals surface area contributed by atoms with Gasteiger partial charge >= 0.3 is 11.9 Å². The van der Waals surface area contributed by atoms with E-state index in [2.05, 4.69) is 13.8 Å².